The molecule has 5 aliphatic carbocycles. The van der Waals surface area contributed by atoms with Gasteiger partial charge in [0, 0.05) is 43.4 Å². The van der Waals surface area contributed by atoms with E-state index in [0.29, 0.717) is 11.3 Å². The SMILES string of the molecule is CCC(=O)O[C@@H]1[C@@]2(O)[C@@H](OC(C)=O)[C@]3(C)C[C@]24O[C@]2(C)O[C@]15[C@H](CC(=O)OC)[C@@]1(C)C[C@H](c6occc6C1=O)[C@]5(O2)[C@@]41COC(=O)C[C@@H]31. The van der Waals surface area contributed by atoms with E-state index in [2.05, 4.69) is 0 Å². The Bertz CT molecular complexity index is 1750. The standard InChI is InChI=1S/C34H38O14/c1-7-20(36)45-26-32(40)25(44-15(2)35)28(4)13-31(32)30(14-43-22(38)10-18(28)30)34-17-12-27(3,24(39)16-8-9-42-23(16)17)19(11-21(37)41-6)33(26,34)47-29(5,46-31)48-34/h8-9,17-19,25-26,40H,7,10-14H2,1-6H3/t17-,18+,19-,25+,26-,27-,28-,29-,30-,31-,32+,33-,34+/m1/s1. The average molecular weight is 671 g/mol. The molecule has 1 aromatic heterocycles. The number of hydrogen-bond acceptors (Lipinski definition) is 14. The quantitative estimate of drug-likeness (QED) is 0.355. The third-order valence-electron chi connectivity index (χ3n) is 13.9. The van der Waals surface area contributed by atoms with Crippen LogP contribution in [0.4, 0.5) is 0 Å². The average Bonchev–Trinajstić information content (AvgIpc) is 3.71. The molecule has 7 fully saturated rings. The number of cyclic esters (lactones) is 1. The monoisotopic (exact) mass is 670 g/mol. The number of methoxy groups -OCH3 is 1. The van der Waals surface area contributed by atoms with Crippen molar-refractivity contribution in [2.24, 2.45) is 28.1 Å². The number of rotatable bonds is 5. The van der Waals surface area contributed by atoms with E-state index >= 15 is 0 Å². The van der Waals surface area contributed by atoms with Crippen molar-refractivity contribution in [3.63, 3.8) is 0 Å². The van der Waals surface area contributed by atoms with E-state index in [-0.39, 0.29) is 38.1 Å². The molecule has 9 rings (SSSR count). The molecular formula is C34H38O14. The van der Waals surface area contributed by atoms with Crippen molar-refractivity contribution in [3.05, 3.63) is 23.7 Å². The topological polar surface area (TPSA) is 183 Å². The molecule has 8 aliphatic rings. The highest BCUT2D eigenvalue weighted by atomic mass is 16.9. The summed E-state index contributed by atoms with van der Waals surface area (Å²) in [5, 5.41) is 13.7. The summed E-state index contributed by atoms with van der Waals surface area (Å²) in [6, 6.07) is 1.59. The van der Waals surface area contributed by atoms with Crippen LogP contribution in [0.3, 0.4) is 0 Å². The van der Waals surface area contributed by atoms with Gasteiger partial charge in [0.15, 0.2) is 17.5 Å². The summed E-state index contributed by atoms with van der Waals surface area (Å²) in [6.07, 6.45) is -2.11. The van der Waals surface area contributed by atoms with Gasteiger partial charge >= 0.3 is 23.9 Å². The van der Waals surface area contributed by atoms with Crippen molar-refractivity contribution in [2.45, 2.75) is 113 Å². The number of aliphatic hydroxyl groups is 1. The molecule has 0 radical (unpaired) electrons. The molecule has 0 unspecified atom stereocenters. The first-order valence-electron chi connectivity index (χ1n) is 16.6. The largest absolute Gasteiger partial charge is 0.469 e. The van der Waals surface area contributed by atoms with Gasteiger partial charge < -0.3 is 42.7 Å². The Morgan fingerprint density at radius 1 is 1.04 bits per heavy atom. The molecule has 1 N–H and O–H groups in total. The van der Waals surface area contributed by atoms with Crippen LogP contribution in [0, 0.1) is 28.1 Å². The number of esters is 4. The highest BCUT2D eigenvalue weighted by Gasteiger charge is 3.06. The second kappa shape index (κ2) is 8.51. The number of furan rings is 1. The molecule has 14 nitrogen and oxygen atoms in total. The fourth-order valence-corrected chi connectivity index (χ4v) is 12.9. The van der Waals surface area contributed by atoms with Gasteiger partial charge in [0.1, 0.15) is 35.3 Å². The molecule has 258 valence electrons. The van der Waals surface area contributed by atoms with Crippen LogP contribution in [-0.2, 0) is 52.3 Å². The molecular weight excluding hydrogens is 632 g/mol. The number of ketones is 1. The highest BCUT2D eigenvalue weighted by Crippen LogP contribution is 2.91. The van der Waals surface area contributed by atoms with Crippen molar-refractivity contribution in [2.75, 3.05) is 13.7 Å². The molecule has 0 amide bonds. The van der Waals surface area contributed by atoms with Gasteiger partial charge in [-0.05, 0) is 24.8 Å². The molecule has 14 heteroatoms. The smallest absolute Gasteiger partial charge is 0.306 e. The number of fused-ring (bicyclic) bond motifs is 7. The van der Waals surface area contributed by atoms with E-state index in [1.54, 1.807) is 26.8 Å². The van der Waals surface area contributed by atoms with Crippen LogP contribution in [-0.4, -0.2) is 89.1 Å². The second-order valence-corrected chi connectivity index (χ2v) is 15.7. The number of Topliss-reactive ketones (excluding diaryl/α,β-unsaturated/α-hetero) is 1. The normalized spacial score (nSPS) is 52.6. The van der Waals surface area contributed by atoms with Gasteiger partial charge in [-0.25, -0.2) is 0 Å². The van der Waals surface area contributed by atoms with Crippen LogP contribution >= 0.6 is 0 Å². The maximum absolute atomic E-state index is 14.6. The van der Waals surface area contributed by atoms with Crippen LogP contribution in [0.25, 0.3) is 0 Å². The third-order valence-corrected chi connectivity index (χ3v) is 13.9. The summed E-state index contributed by atoms with van der Waals surface area (Å²) in [4.78, 5) is 67.9. The van der Waals surface area contributed by atoms with Gasteiger partial charge in [-0.15, -0.1) is 0 Å². The Hall–Kier alpha value is -3.33. The van der Waals surface area contributed by atoms with Crippen molar-refractivity contribution >= 4 is 29.7 Å². The van der Waals surface area contributed by atoms with Gasteiger partial charge in [-0.2, -0.15) is 0 Å². The Balaban J connectivity index is 1.47. The second-order valence-electron chi connectivity index (χ2n) is 15.7. The van der Waals surface area contributed by atoms with Gasteiger partial charge in [0.2, 0.25) is 0 Å². The van der Waals surface area contributed by atoms with E-state index in [1.165, 1.54) is 20.3 Å². The summed E-state index contributed by atoms with van der Waals surface area (Å²) < 4.78 is 51.0. The number of ether oxygens (including phenoxy) is 7. The van der Waals surface area contributed by atoms with Crippen LogP contribution in [0.1, 0.15) is 88.8 Å². The molecule has 3 spiro atoms. The Labute approximate surface area is 275 Å². The van der Waals surface area contributed by atoms with Crippen LogP contribution < -0.4 is 0 Å². The lowest BCUT2D eigenvalue weighted by Gasteiger charge is -2.78. The molecule has 4 heterocycles. The number of hydrogen-bond donors (Lipinski definition) is 1. The number of carbonyl (C=O) groups is 5. The molecule has 48 heavy (non-hydrogen) atoms. The zero-order valence-corrected chi connectivity index (χ0v) is 27.5. The van der Waals surface area contributed by atoms with Crippen molar-refractivity contribution in [1.82, 2.24) is 0 Å². The predicted molar refractivity (Wildman–Crippen MR) is 153 cm³/mol. The summed E-state index contributed by atoms with van der Waals surface area (Å²) in [6.45, 7) is 7.63. The minimum absolute atomic E-state index is 0.0612. The number of carbonyl (C=O) groups excluding carboxylic acids is 5. The zero-order chi connectivity index (χ0) is 34.2. The van der Waals surface area contributed by atoms with E-state index < -0.39 is 105 Å². The van der Waals surface area contributed by atoms with Crippen molar-refractivity contribution in [1.29, 1.82) is 0 Å². The first kappa shape index (κ1) is 30.7. The highest BCUT2D eigenvalue weighted by molar-refractivity contribution is 6.03. The Kier molecular flexibility index (Phi) is 5.44. The fourth-order valence-electron chi connectivity index (χ4n) is 12.9. The maximum Gasteiger partial charge on any atom is 0.306 e. The predicted octanol–water partition coefficient (Wildman–Crippen LogP) is 2.09. The van der Waals surface area contributed by atoms with Crippen LogP contribution in [0.15, 0.2) is 16.7 Å². The third kappa shape index (κ3) is 2.70. The summed E-state index contributed by atoms with van der Waals surface area (Å²) >= 11 is 0. The molecule has 3 saturated heterocycles. The van der Waals surface area contributed by atoms with E-state index in [1.807, 2.05) is 6.92 Å². The maximum atomic E-state index is 14.6. The summed E-state index contributed by atoms with van der Waals surface area (Å²) in [5.41, 5.74) is -11.5. The van der Waals surface area contributed by atoms with Gasteiger partial charge in [0.25, 0.3) is 5.97 Å². The van der Waals surface area contributed by atoms with Crippen molar-refractivity contribution in [3.8, 4) is 0 Å². The first-order valence-corrected chi connectivity index (χ1v) is 16.6. The van der Waals surface area contributed by atoms with Gasteiger partial charge in [-0.3, -0.25) is 24.0 Å². The lowest BCUT2D eigenvalue weighted by atomic mass is 9.30. The van der Waals surface area contributed by atoms with E-state index in [9.17, 15) is 29.1 Å². The molecule has 1 aromatic rings. The minimum Gasteiger partial charge on any atom is -0.469 e. The molecule has 3 aliphatic heterocycles. The fraction of sp³-hybridized carbons (Fsp3) is 0.735. The minimum atomic E-state index is -2.34. The Morgan fingerprint density at radius 3 is 2.48 bits per heavy atom. The van der Waals surface area contributed by atoms with E-state index in [0.717, 1.165) is 0 Å². The van der Waals surface area contributed by atoms with E-state index in [4.69, 9.17) is 37.6 Å². The molecule has 13 atom stereocenters. The summed E-state index contributed by atoms with van der Waals surface area (Å²) in [5.74, 6) is -7.19. The molecule has 4 saturated carbocycles. The van der Waals surface area contributed by atoms with Gasteiger partial charge in [0.05, 0.1) is 36.7 Å². The van der Waals surface area contributed by atoms with Gasteiger partial charge in [-0.1, -0.05) is 20.8 Å². The molecule has 0 aromatic carbocycles. The first-order chi connectivity index (χ1) is 22.5. The van der Waals surface area contributed by atoms with Crippen LogP contribution in [0.5, 0.6) is 0 Å². The molecule has 6 bridgehead atoms. The summed E-state index contributed by atoms with van der Waals surface area (Å²) in [7, 11) is 1.23. The lowest BCUT2D eigenvalue weighted by molar-refractivity contribution is -0.488. The Morgan fingerprint density at radius 2 is 1.79 bits per heavy atom. The van der Waals surface area contributed by atoms with Crippen molar-refractivity contribution < 1.29 is 66.7 Å². The lowest BCUT2D eigenvalue weighted by Crippen LogP contribution is -2.96. The zero-order valence-electron chi connectivity index (χ0n) is 27.5. The van der Waals surface area contributed by atoms with Crippen LogP contribution in [0.2, 0.25) is 0 Å².